The van der Waals surface area contributed by atoms with E-state index >= 15 is 0 Å². The van der Waals surface area contributed by atoms with E-state index in [1.807, 2.05) is 20.8 Å². The second-order valence-electron chi connectivity index (χ2n) is 5.72. The summed E-state index contributed by atoms with van der Waals surface area (Å²) in [7, 11) is 0. The second kappa shape index (κ2) is 8.59. The Morgan fingerprint density at radius 2 is 2.20 bits per heavy atom. The molecule has 25 heavy (non-hydrogen) atoms. The minimum atomic E-state index is -0.875. The lowest BCUT2D eigenvalue weighted by molar-refractivity contribution is -0.641. The van der Waals surface area contributed by atoms with Crippen molar-refractivity contribution in [2.24, 2.45) is 0 Å². The van der Waals surface area contributed by atoms with Crippen molar-refractivity contribution in [1.29, 1.82) is 0 Å². The van der Waals surface area contributed by atoms with Gasteiger partial charge in [-0.15, -0.1) is 0 Å². The summed E-state index contributed by atoms with van der Waals surface area (Å²) in [5.74, 6) is 0.682. The summed E-state index contributed by atoms with van der Waals surface area (Å²) in [4.78, 5) is 4.81. The molecule has 0 spiro atoms. The minimum Gasteiger partial charge on any atom is -0.594 e. The Hall–Kier alpha value is -2.45. The number of benzene rings is 1. The van der Waals surface area contributed by atoms with Crippen molar-refractivity contribution >= 4 is 22.7 Å². The fourth-order valence-electron chi connectivity index (χ4n) is 2.24. The molecule has 2 rings (SSSR count). The van der Waals surface area contributed by atoms with Crippen LogP contribution in [-0.2, 0) is 9.47 Å². The maximum Gasteiger partial charge on any atom is 0.290 e. The monoisotopic (exact) mass is 348 g/mol. The summed E-state index contributed by atoms with van der Waals surface area (Å²) in [6.45, 7) is 10.3. The summed E-state index contributed by atoms with van der Waals surface area (Å²) in [5.41, 5.74) is 1.53. The molecule has 1 heterocycles. The molecule has 136 valence electrons. The van der Waals surface area contributed by atoms with E-state index in [-0.39, 0.29) is 12.1 Å². The molecular weight excluding hydrogens is 324 g/mol. The van der Waals surface area contributed by atoms with Gasteiger partial charge in [-0.3, -0.25) is 0 Å². The zero-order valence-electron chi connectivity index (χ0n) is 14.7. The summed E-state index contributed by atoms with van der Waals surface area (Å²) < 4.78 is 10.6. The number of hydrogen-bond acceptors (Lipinski definition) is 7. The Morgan fingerprint density at radius 3 is 2.88 bits per heavy atom. The van der Waals surface area contributed by atoms with Crippen LogP contribution in [0.3, 0.4) is 0 Å². The molecule has 0 aliphatic rings. The number of aliphatic hydroxyl groups is 1. The van der Waals surface area contributed by atoms with Crippen LogP contribution in [0.5, 0.6) is 0 Å². The number of fused-ring (bicyclic) bond motifs is 1. The Bertz CT molecular complexity index is 736. The molecule has 1 aromatic carbocycles. The third kappa shape index (κ3) is 5.27. The van der Waals surface area contributed by atoms with Gasteiger partial charge in [-0.05, 0) is 37.7 Å². The molecule has 0 aliphatic heterocycles. The van der Waals surface area contributed by atoms with E-state index < -0.39 is 6.29 Å². The normalized spacial score (nSPS) is 12.4. The Balaban J connectivity index is 2.08. The first kappa shape index (κ1) is 18.9. The van der Waals surface area contributed by atoms with Crippen LogP contribution in [0.25, 0.3) is 16.8 Å². The van der Waals surface area contributed by atoms with Crippen molar-refractivity contribution in [3.63, 3.8) is 0 Å². The largest absolute Gasteiger partial charge is 0.594 e. The number of hydrogen-bond donors (Lipinski definition) is 2. The number of aromatic nitrogens is 3. The highest BCUT2D eigenvalue weighted by molar-refractivity contribution is 5.76. The van der Waals surface area contributed by atoms with Gasteiger partial charge in [0.15, 0.2) is 6.29 Å². The first-order chi connectivity index (χ1) is 11.9. The summed E-state index contributed by atoms with van der Waals surface area (Å²) >= 11 is 0. The van der Waals surface area contributed by atoms with Crippen LogP contribution in [0.15, 0.2) is 24.8 Å². The van der Waals surface area contributed by atoms with E-state index in [0.29, 0.717) is 46.8 Å². The third-order valence-corrected chi connectivity index (χ3v) is 3.34. The molecule has 8 heteroatoms. The van der Waals surface area contributed by atoms with Gasteiger partial charge in [-0.1, -0.05) is 6.58 Å². The van der Waals surface area contributed by atoms with Gasteiger partial charge < -0.3 is 25.1 Å². The third-order valence-electron chi connectivity index (χ3n) is 3.34. The van der Waals surface area contributed by atoms with E-state index in [1.165, 1.54) is 0 Å². The van der Waals surface area contributed by atoms with Crippen LogP contribution < -0.4 is 10.2 Å². The van der Waals surface area contributed by atoms with Crippen molar-refractivity contribution in [2.75, 3.05) is 18.5 Å². The summed E-state index contributed by atoms with van der Waals surface area (Å²) in [6, 6.07) is 5.15. The number of ether oxygens (including phenoxy) is 2. The van der Waals surface area contributed by atoms with E-state index in [9.17, 15) is 10.3 Å². The lowest BCUT2D eigenvalue weighted by atomic mass is 10.1. The van der Waals surface area contributed by atoms with Gasteiger partial charge in [0.05, 0.1) is 17.8 Å². The predicted molar refractivity (Wildman–Crippen MR) is 94.5 cm³/mol. The fourth-order valence-corrected chi connectivity index (χ4v) is 2.24. The summed E-state index contributed by atoms with van der Waals surface area (Å²) in [5, 5.41) is 28.6. The Labute approximate surface area is 146 Å². The standard InChI is InChI=1S/C17H24N4O4/c1-5-24-12(4)13-6-7-14-15(10-13)21(23)20-17(19-14)18-9-8-16(22)25-11(2)3/h6-7,10-11,16,22H,4-5,8-9H2,1-3H3,(H,18,19,20). The van der Waals surface area contributed by atoms with Gasteiger partial charge in [0.25, 0.3) is 11.5 Å². The van der Waals surface area contributed by atoms with Gasteiger partial charge in [0, 0.05) is 24.6 Å². The van der Waals surface area contributed by atoms with Crippen LogP contribution >= 0.6 is 0 Å². The number of anilines is 1. The number of aliphatic hydroxyl groups excluding tert-OH is 1. The van der Waals surface area contributed by atoms with Crippen molar-refractivity contribution in [3.8, 4) is 0 Å². The smallest absolute Gasteiger partial charge is 0.290 e. The lowest BCUT2D eigenvalue weighted by Crippen LogP contribution is -2.34. The van der Waals surface area contributed by atoms with E-state index in [1.54, 1.807) is 18.2 Å². The zero-order valence-corrected chi connectivity index (χ0v) is 14.7. The molecule has 1 atom stereocenters. The quantitative estimate of drug-likeness (QED) is 0.308. The molecular formula is C17H24N4O4. The van der Waals surface area contributed by atoms with E-state index in [2.05, 4.69) is 22.0 Å². The molecule has 2 N–H and O–H groups in total. The van der Waals surface area contributed by atoms with Crippen LogP contribution in [0.4, 0.5) is 5.95 Å². The zero-order chi connectivity index (χ0) is 18.4. The Kier molecular flexibility index (Phi) is 6.49. The summed E-state index contributed by atoms with van der Waals surface area (Å²) in [6.07, 6.45) is -0.582. The van der Waals surface area contributed by atoms with Crippen molar-refractivity contribution < 1.29 is 19.4 Å². The molecule has 1 aromatic heterocycles. The maximum absolute atomic E-state index is 12.2. The molecule has 0 amide bonds. The molecule has 1 unspecified atom stereocenters. The van der Waals surface area contributed by atoms with Gasteiger partial charge >= 0.3 is 0 Å². The highest BCUT2D eigenvalue weighted by Gasteiger charge is 2.14. The first-order valence-corrected chi connectivity index (χ1v) is 8.21. The molecule has 0 saturated heterocycles. The van der Waals surface area contributed by atoms with Gasteiger partial charge in [-0.25, -0.2) is 4.98 Å². The van der Waals surface area contributed by atoms with Crippen LogP contribution in [0.2, 0.25) is 0 Å². The molecule has 0 saturated carbocycles. The van der Waals surface area contributed by atoms with Crippen molar-refractivity contribution in [2.45, 2.75) is 39.6 Å². The molecule has 2 aromatic rings. The Morgan fingerprint density at radius 1 is 1.44 bits per heavy atom. The van der Waals surface area contributed by atoms with Crippen molar-refractivity contribution in [3.05, 3.63) is 35.5 Å². The molecule has 0 fully saturated rings. The average molecular weight is 348 g/mol. The van der Waals surface area contributed by atoms with Crippen molar-refractivity contribution in [1.82, 2.24) is 10.1 Å². The molecule has 0 bridgehead atoms. The van der Waals surface area contributed by atoms with Crippen LogP contribution in [0, 0.1) is 5.21 Å². The highest BCUT2D eigenvalue weighted by atomic mass is 16.6. The maximum atomic E-state index is 12.2. The van der Waals surface area contributed by atoms with E-state index in [0.717, 1.165) is 0 Å². The molecule has 0 radical (unpaired) electrons. The number of rotatable bonds is 9. The number of nitrogens with zero attached hydrogens (tertiary/aromatic N) is 3. The highest BCUT2D eigenvalue weighted by Crippen LogP contribution is 2.18. The number of nitrogens with one attached hydrogen (secondary N) is 1. The van der Waals surface area contributed by atoms with Crippen LogP contribution in [0.1, 0.15) is 32.8 Å². The van der Waals surface area contributed by atoms with Gasteiger partial charge in [0.1, 0.15) is 11.3 Å². The first-order valence-electron chi connectivity index (χ1n) is 8.21. The topological polar surface area (TPSA) is 103 Å². The predicted octanol–water partition coefficient (Wildman–Crippen LogP) is 1.82. The van der Waals surface area contributed by atoms with E-state index in [4.69, 9.17) is 9.47 Å². The lowest BCUT2D eigenvalue weighted by Gasteiger charge is -2.14. The van der Waals surface area contributed by atoms with Gasteiger partial charge in [0.2, 0.25) is 0 Å². The SMILES string of the molecule is C=C(OCC)c1ccc2nc(NCCC(O)OC(C)C)n[n+]([O-])c2c1. The average Bonchev–Trinajstić information content (AvgIpc) is 2.54. The molecule has 0 aliphatic carbocycles. The second-order valence-corrected chi connectivity index (χ2v) is 5.72. The fraction of sp³-hybridized carbons (Fsp3) is 0.471. The molecule has 8 nitrogen and oxygen atoms in total. The van der Waals surface area contributed by atoms with Crippen LogP contribution in [-0.4, -0.2) is 40.7 Å². The van der Waals surface area contributed by atoms with Gasteiger partial charge in [-0.2, -0.15) is 0 Å². The minimum absolute atomic E-state index is 0.0589.